The Morgan fingerprint density at radius 2 is 2.00 bits per heavy atom. The predicted octanol–water partition coefficient (Wildman–Crippen LogP) is 2.96. The second-order valence-electron chi connectivity index (χ2n) is 3.61. The lowest BCUT2D eigenvalue weighted by molar-refractivity contribution is -0.134. The van der Waals surface area contributed by atoms with Crippen LogP contribution in [-0.4, -0.2) is 16.9 Å². The molecule has 0 radical (unpaired) electrons. The first-order chi connectivity index (χ1) is 8.09. The molecule has 86 valence electrons. The van der Waals surface area contributed by atoms with Crippen LogP contribution in [0.15, 0.2) is 35.2 Å². The summed E-state index contributed by atoms with van der Waals surface area (Å²) in [4.78, 5) is 22.1. The van der Waals surface area contributed by atoms with Gasteiger partial charge in [0.1, 0.15) is 5.57 Å². The third-order valence-electron chi connectivity index (χ3n) is 2.42. The topological polar surface area (TPSA) is 54.4 Å². The average Bonchev–Trinajstić information content (AvgIpc) is 2.68. The van der Waals surface area contributed by atoms with Crippen molar-refractivity contribution in [1.29, 1.82) is 0 Å². The van der Waals surface area contributed by atoms with Gasteiger partial charge in [-0.1, -0.05) is 18.2 Å². The minimum Gasteiger partial charge on any atom is -0.478 e. The number of carboxylic acid groups (broad SMARTS) is 1. The minimum atomic E-state index is -1.19. The smallest absolute Gasteiger partial charge is 0.339 e. The van der Waals surface area contributed by atoms with Gasteiger partial charge in [-0.25, -0.2) is 4.79 Å². The van der Waals surface area contributed by atoms with Crippen molar-refractivity contribution < 1.29 is 14.7 Å². The van der Waals surface area contributed by atoms with Crippen molar-refractivity contribution in [2.24, 2.45) is 0 Å². The van der Waals surface area contributed by atoms with Crippen LogP contribution in [0.25, 0.3) is 16.2 Å². The summed E-state index contributed by atoms with van der Waals surface area (Å²) < 4.78 is 1.08. The molecule has 0 amide bonds. The van der Waals surface area contributed by atoms with Gasteiger partial charge in [-0.05, 0) is 35.4 Å². The van der Waals surface area contributed by atoms with E-state index in [9.17, 15) is 9.59 Å². The molecular weight excluding hydrogens is 236 g/mol. The number of carbonyl (C=O) groups is 2. The first-order valence-corrected chi connectivity index (χ1v) is 5.89. The summed E-state index contributed by atoms with van der Waals surface area (Å²) in [6, 6.07) is 7.69. The number of hydrogen-bond donors (Lipinski definition) is 1. The number of Topliss-reactive ketones (excluding diaryl/α,β-unsaturated/α-hetero) is 1. The van der Waals surface area contributed by atoms with Gasteiger partial charge in [0.2, 0.25) is 0 Å². The van der Waals surface area contributed by atoms with Gasteiger partial charge in [0, 0.05) is 4.70 Å². The maximum Gasteiger partial charge on any atom is 0.339 e. The number of carbonyl (C=O) groups excluding carboxylic acids is 1. The van der Waals surface area contributed by atoms with Crippen LogP contribution in [0.2, 0.25) is 0 Å². The van der Waals surface area contributed by atoms with Gasteiger partial charge >= 0.3 is 5.97 Å². The van der Waals surface area contributed by atoms with E-state index in [1.54, 1.807) is 0 Å². The van der Waals surface area contributed by atoms with E-state index in [1.807, 2.05) is 29.6 Å². The Morgan fingerprint density at radius 1 is 1.29 bits per heavy atom. The van der Waals surface area contributed by atoms with E-state index in [-0.39, 0.29) is 5.57 Å². The predicted molar refractivity (Wildman–Crippen MR) is 68.1 cm³/mol. The summed E-state index contributed by atoms with van der Waals surface area (Å²) in [5.41, 5.74) is 0.590. The summed E-state index contributed by atoms with van der Waals surface area (Å²) in [6.45, 7) is 1.26. The molecule has 3 nitrogen and oxygen atoms in total. The van der Waals surface area contributed by atoms with Crippen LogP contribution in [0, 0.1) is 0 Å². The molecule has 0 aliphatic carbocycles. The molecule has 0 aliphatic rings. The van der Waals surface area contributed by atoms with Crippen LogP contribution < -0.4 is 0 Å². The number of rotatable bonds is 3. The molecule has 0 fully saturated rings. The minimum absolute atomic E-state index is 0.187. The quantitative estimate of drug-likeness (QED) is 0.514. The van der Waals surface area contributed by atoms with Gasteiger partial charge in [0.15, 0.2) is 5.78 Å². The number of ketones is 1. The summed E-state index contributed by atoms with van der Waals surface area (Å²) in [5.74, 6) is -1.62. The van der Waals surface area contributed by atoms with Crippen molar-refractivity contribution in [3.63, 3.8) is 0 Å². The van der Waals surface area contributed by atoms with E-state index >= 15 is 0 Å². The standard InChI is InChI=1S/C13H10O3S/c1-8(14)11(13(15)16)6-9-7-17-12-5-3-2-4-10(9)12/h2-7H,1H3,(H,15,16)/b11-6-. The molecule has 1 aromatic heterocycles. The summed E-state index contributed by atoms with van der Waals surface area (Å²) in [7, 11) is 0. The Bertz CT molecular complexity index is 606. The Hall–Kier alpha value is -1.94. The van der Waals surface area contributed by atoms with Gasteiger partial charge in [0.05, 0.1) is 0 Å². The first kappa shape index (κ1) is 11.5. The maximum atomic E-state index is 11.2. The monoisotopic (exact) mass is 246 g/mol. The molecule has 0 bridgehead atoms. The molecular formula is C13H10O3S. The van der Waals surface area contributed by atoms with Gasteiger partial charge < -0.3 is 5.11 Å². The molecule has 1 heterocycles. The van der Waals surface area contributed by atoms with E-state index in [1.165, 1.54) is 24.3 Å². The normalized spacial score (nSPS) is 11.7. The number of benzene rings is 1. The van der Waals surface area contributed by atoms with Crippen molar-refractivity contribution in [3.8, 4) is 0 Å². The molecule has 2 rings (SSSR count). The SMILES string of the molecule is CC(=O)/C(=C/c1csc2ccccc12)C(=O)O. The van der Waals surface area contributed by atoms with Gasteiger partial charge in [-0.3, -0.25) is 4.79 Å². The number of hydrogen-bond acceptors (Lipinski definition) is 3. The fourth-order valence-electron chi connectivity index (χ4n) is 1.58. The molecule has 2 aromatic rings. The molecule has 4 heteroatoms. The Kier molecular flexibility index (Phi) is 3.06. The van der Waals surface area contributed by atoms with Crippen LogP contribution in [0.3, 0.4) is 0 Å². The Balaban J connectivity index is 2.57. The second-order valence-corrected chi connectivity index (χ2v) is 4.52. The number of aliphatic carboxylic acids is 1. The summed E-state index contributed by atoms with van der Waals surface area (Å²) in [5, 5.41) is 11.8. The van der Waals surface area contributed by atoms with E-state index in [2.05, 4.69) is 0 Å². The lowest BCUT2D eigenvalue weighted by Gasteiger charge is -1.96. The number of fused-ring (bicyclic) bond motifs is 1. The zero-order valence-corrected chi connectivity index (χ0v) is 9.95. The molecule has 0 aliphatic heterocycles. The Labute approximate surface area is 102 Å². The third-order valence-corrected chi connectivity index (χ3v) is 3.40. The molecule has 17 heavy (non-hydrogen) atoms. The molecule has 0 spiro atoms. The van der Waals surface area contributed by atoms with Crippen LogP contribution in [0.1, 0.15) is 12.5 Å². The van der Waals surface area contributed by atoms with Crippen molar-refractivity contribution in [3.05, 3.63) is 40.8 Å². The third kappa shape index (κ3) is 2.26. The van der Waals surface area contributed by atoms with Gasteiger partial charge in [-0.15, -0.1) is 11.3 Å². The fraction of sp³-hybridized carbons (Fsp3) is 0.0769. The molecule has 0 unspecified atom stereocenters. The molecule has 0 saturated carbocycles. The van der Waals surface area contributed by atoms with Crippen molar-refractivity contribution in [1.82, 2.24) is 0 Å². The average molecular weight is 246 g/mol. The van der Waals surface area contributed by atoms with E-state index in [0.717, 1.165) is 15.6 Å². The molecule has 0 atom stereocenters. The van der Waals surface area contributed by atoms with Crippen LogP contribution >= 0.6 is 11.3 Å². The van der Waals surface area contributed by atoms with Gasteiger partial charge in [-0.2, -0.15) is 0 Å². The van der Waals surface area contributed by atoms with Crippen molar-refractivity contribution in [2.75, 3.05) is 0 Å². The fourth-order valence-corrected chi connectivity index (χ4v) is 2.50. The van der Waals surface area contributed by atoms with E-state index < -0.39 is 11.8 Å². The van der Waals surface area contributed by atoms with Crippen molar-refractivity contribution in [2.45, 2.75) is 6.92 Å². The molecule has 1 aromatic carbocycles. The van der Waals surface area contributed by atoms with Crippen molar-refractivity contribution >= 4 is 39.3 Å². The highest BCUT2D eigenvalue weighted by molar-refractivity contribution is 7.17. The summed E-state index contributed by atoms with van der Waals surface area (Å²) in [6.07, 6.45) is 1.43. The van der Waals surface area contributed by atoms with Crippen LogP contribution in [0.5, 0.6) is 0 Å². The lowest BCUT2D eigenvalue weighted by atomic mass is 10.1. The largest absolute Gasteiger partial charge is 0.478 e. The number of thiophene rings is 1. The van der Waals surface area contributed by atoms with Crippen LogP contribution in [-0.2, 0) is 9.59 Å². The first-order valence-electron chi connectivity index (χ1n) is 5.02. The van der Waals surface area contributed by atoms with E-state index in [4.69, 9.17) is 5.11 Å². The highest BCUT2D eigenvalue weighted by Gasteiger charge is 2.13. The Morgan fingerprint density at radius 3 is 2.65 bits per heavy atom. The van der Waals surface area contributed by atoms with Crippen LogP contribution in [0.4, 0.5) is 0 Å². The zero-order chi connectivity index (χ0) is 12.4. The maximum absolute atomic E-state index is 11.2. The van der Waals surface area contributed by atoms with E-state index in [0.29, 0.717) is 0 Å². The lowest BCUT2D eigenvalue weighted by Crippen LogP contribution is -2.08. The molecule has 0 saturated heterocycles. The number of carboxylic acids is 1. The highest BCUT2D eigenvalue weighted by Crippen LogP contribution is 2.27. The highest BCUT2D eigenvalue weighted by atomic mass is 32.1. The zero-order valence-electron chi connectivity index (χ0n) is 9.14. The van der Waals surface area contributed by atoms with Gasteiger partial charge in [0.25, 0.3) is 0 Å². The second kappa shape index (κ2) is 4.51. The summed E-state index contributed by atoms with van der Waals surface area (Å²) >= 11 is 1.53. The molecule has 1 N–H and O–H groups in total.